The SMILES string of the molecule is C[C@H](CCO)NCc1nc2c(s1)CCC2. The molecule has 0 saturated heterocycles. The highest BCUT2D eigenvalue weighted by Crippen LogP contribution is 2.27. The van der Waals surface area contributed by atoms with Gasteiger partial charge < -0.3 is 10.4 Å². The number of hydrogen-bond acceptors (Lipinski definition) is 4. The molecule has 2 rings (SSSR count). The molecule has 1 heterocycles. The van der Waals surface area contributed by atoms with Crippen LogP contribution in [0.25, 0.3) is 0 Å². The zero-order valence-electron chi connectivity index (χ0n) is 9.12. The van der Waals surface area contributed by atoms with Crippen molar-refractivity contribution in [1.82, 2.24) is 10.3 Å². The van der Waals surface area contributed by atoms with E-state index in [-0.39, 0.29) is 6.61 Å². The predicted octanol–water partition coefficient (Wildman–Crippen LogP) is 1.49. The third-order valence-corrected chi connectivity index (χ3v) is 3.96. The number of hydrogen-bond donors (Lipinski definition) is 2. The smallest absolute Gasteiger partial charge is 0.107 e. The van der Waals surface area contributed by atoms with Crippen molar-refractivity contribution >= 4 is 11.3 Å². The molecule has 0 saturated carbocycles. The van der Waals surface area contributed by atoms with Crippen molar-refractivity contribution < 1.29 is 5.11 Å². The lowest BCUT2D eigenvalue weighted by molar-refractivity contribution is 0.268. The maximum absolute atomic E-state index is 8.78. The number of nitrogens with one attached hydrogen (secondary N) is 1. The summed E-state index contributed by atoms with van der Waals surface area (Å²) in [6.45, 7) is 3.19. The Morgan fingerprint density at radius 2 is 2.40 bits per heavy atom. The third-order valence-electron chi connectivity index (χ3n) is 2.80. The lowest BCUT2D eigenvalue weighted by Crippen LogP contribution is -2.26. The monoisotopic (exact) mass is 226 g/mol. The quantitative estimate of drug-likeness (QED) is 0.799. The lowest BCUT2D eigenvalue weighted by Gasteiger charge is -2.10. The van der Waals surface area contributed by atoms with Gasteiger partial charge in [-0.1, -0.05) is 0 Å². The van der Waals surface area contributed by atoms with Gasteiger partial charge in [-0.05, 0) is 32.6 Å². The highest BCUT2D eigenvalue weighted by molar-refractivity contribution is 7.11. The summed E-state index contributed by atoms with van der Waals surface area (Å²) in [5, 5.41) is 13.4. The lowest BCUT2D eigenvalue weighted by atomic mass is 10.2. The van der Waals surface area contributed by atoms with Gasteiger partial charge in [-0.3, -0.25) is 0 Å². The zero-order valence-corrected chi connectivity index (χ0v) is 9.94. The fourth-order valence-electron chi connectivity index (χ4n) is 1.88. The molecule has 0 fully saturated rings. The van der Waals surface area contributed by atoms with E-state index in [0.29, 0.717) is 6.04 Å². The van der Waals surface area contributed by atoms with Crippen LogP contribution in [-0.2, 0) is 19.4 Å². The average Bonchev–Trinajstić information content (AvgIpc) is 2.74. The molecule has 1 aromatic rings. The summed E-state index contributed by atoms with van der Waals surface area (Å²) in [6, 6.07) is 0.369. The molecule has 0 unspecified atom stereocenters. The Hall–Kier alpha value is -0.450. The van der Waals surface area contributed by atoms with Gasteiger partial charge >= 0.3 is 0 Å². The first kappa shape index (κ1) is 11.0. The summed E-state index contributed by atoms with van der Waals surface area (Å²) < 4.78 is 0. The Morgan fingerprint density at radius 3 is 3.13 bits per heavy atom. The predicted molar refractivity (Wildman–Crippen MR) is 62.1 cm³/mol. The van der Waals surface area contributed by atoms with Crippen LogP contribution in [0.15, 0.2) is 0 Å². The van der Waals surface area contributed by atoms with Gasteiger partial charge in [-0.25, -0.2) is 4.98 Å². The zero-order chi connectivity index (χ0) is 10.7. The number of aliphatic hydroxyl groups is 1. The first-order chi connectivity index (χ1) is 7.29. The van der Waals surface area contributed by atoms with Crippen LogP contribution in [0.4, 0.5) is 0 Å². The van der Waals surface area contributed by atoms with Gasteiger partial charge in [-0.15, -0.1) is 11.3 Å². The minimum atomic E-state index is 0.253. The Bertz CT molecular complexity index is 303. The molecule has 1 atom stereocenters. The molecule has 1 aliphatic carbocycles. The highest BCUT2D eigenvalue weighted by Gasteiger charge is 2.16. The molecule has 15 heavy (non-hydrogen) atoms. The van der Waals surface area contributed by atoms with Gasteiger partial charge in [-0.2, -0.15) is 0 Å². The van der Waals surface area contributed by atoms with Crippen LogP contribution < -0.4 is 5.32 Å². The summed E-state index contributed by atoms with van der Waals surface area (Å²) in [7, 11) is 0. The van der Waals surface area contributed by atoms with Crippen LogP contribution in [0, 0.1) is 0 Å². The molecule has 0 aromatic carbocycles. The Kier molecular flexibility index (Phi) is 3.72. The van der Waals surface area contributed by atoms with Crippen LogP contribution in [0.2, 0.25) is 0 Å². The molecule has 0 aliphatic heterocycles. The van der Waals surface area contributed by atoms with Crippen molar-refractivity contribution in [3.05, 3.63) is 15.6 Å². The summed E-state index contributed by atoms with van der Waals surface area (Å²) in [6.07, 6.45) is 4.48. The third kappa shape index (κ3) is 2.77. The van der Waals surface area contributed by atoms with E-state index in [0.717, 1.165) is 19.4 Å². The fourth-order valence-corrected chi connectivity index (χ4v) is 2.98. The van der Waals surface area contributed by atoms with Crippen LogP contribution >= 0.6 is 11.3 Å². The number of fused-ring (bicyclic) bond motifs is 1. The number of aryl methyl sites for hydroxylation is 2. The number of rotatable bonds is 5. The molecular formula is C11H18N2OS. The van der Waals surface area contributed by atoms with E-state index in [9.17, 15) is 0 Å². The van der Waals surface area contributed by atoms with Crippen molar-refractivity contribution in [2.45, 2.75) is 45.2 Å². The number of nitrogens with zero attached hydrogens (tertiary/aromatic N) is 1. The Balaban J connectivity index is 1.83. The number of thiazole rings is 1. The molecule has 0 radical (unpaired) electrons. The first-order valence-electron chi connectivity index (χ1n) is 5.61. The van der Waals surface area contributed by atoms with Crippen LogP contribution in [-0.4, -0.2) is 22.7 Å². The summed E-state index contributed by atoms with van der Waals surface area (Å²) in [5.74, 6) is 0. The molecule has 3 nitrogen and oxygen atoms in total. The van der Waals surface area contributed by atoms with Gasteiger partial charge in [0, 0.05) is 24.1 Å². The van der Waals surface area contributed by atoms with Crippen LogP contribution in [0.5, 0.6) is 0 Å². The molecule has 0 amide bonds. The summed E-state index contributed by atoms with van der Waals surface area (Å²) in [5.41, 5.74) is 1.33. The topological polar surface area (TPSA) is 45.1 Å². The minimum Gasteiger partial charge on any atom is -0.396 e. The van der Waals surface area contributed by atoms with E-state index in [4.69, 9.17) is 5.11 Å². The first-order valence-corrected chi connectivity index (χ1v) is 6.43. The molecular weight excluding hydrogens is 208 g/mol. The van der Waals surface area contributed by atoms with Gasteiger partial charge in [0.25, 0.3) is 0 Å². The van der Waals surface area contributed by atoms with Crippen molar-refractivity contribution in [2.75, 3.05) is 6.61 Å². The van der Waals surface area contributed by atoms with E-state index in [1.807, 2.05) is 11.3 Å². The van der Waals surface area contributed by atoms with Crippen molar-refractivity contribution in [3.8, 4) is 0 Å². The highest BCUT2D eigenvalue weighted by atomic mass is 32.1. The van der Waals surface area contributed by atoms with E-state index in [1.54, 1.807) is 0 Å². The second-order valence-corrected chi connectivity index (χ2v) is 5.29. The van der Waals surface area contributed by atoms with Gasteiger partial charge in [0.05, 0.1) is 5.69 Å². The second kappa shape index (κ2) is 5.05. The number of aromatic nitrogens is 1. The molecule has 0 bridgehead atoms. The minimum absolute atomic E-state index is 0.253. The van der Waals surface area contributed by atoms with Crippen molar-refractivity contribution in [2.24, 2.45) is 0 Å². The average molecular weight is 226 g/mol. The van der Waals surface area contributed by atoms with Gasteiger partial charge in [0.1, 0.15) is 5.01 Å². The maximum Gasteiger partial charge on any atom is 0.107 e. The van der Waals surface area contributed by atoms with Gasteiger partial charge in [0.15, 0.2) is 0 Å². The Labute approximate surface area is 94.5 Å². The maximum atomic E-state index is 8.78. The molecule has 2 N–H and O–H groups in total. The molecule has 4 heteroatoms. The number of aliphatic hydroxyl groups excluding tert-OH is 1. The fraction of sp³-hybridized carbons (Fsp3) is 0.727. The van der Waals surface area contributed by atoms with E-state index in [2.05, 4.69) is 17.2 Å². The molecule has 0 spiro atoms. The summed E-state index contributed by atoms with van der Waals surface area (Å²) in [4.78, 5) is 6.10. The van der Waals surface area contributed by atoms with E-state index >= 15 is 0 Å². The van der Waals surface area contributed by atoms with Gasteiger partial charge in [0.2, 0.25) is 0 Å². The van der Waals surface area contributed by atoms with Crippen LogP contribution in [0.3, 0.4) is 0 Å². The standard InChI is InChI=1S/C11H18N2OS/c1-8(5-6-14)12-7-11-13-9-3-2-4-10(9)15-11/h8,12,14H,2-7H2,1H3/t8-/m1/s1. The Morgan fingerprint density at radius 1 is 1.53 bits per heavy atom. The normalized spacial score (nSPS) is 16.7. The van der Waals surface area contributed by atoms with Crippen LogP contribution in [0.1, 0.15) is 35.3 Å². The molecule has 1 aromatic heterocycles. The largest absolute Gasteiger partial charge is 0.396 e. The summed E-state index contributed by atoms with van der Waals surface area (Å²) >= 11 is 1.85. The molecule has 84 valence electrons. The van der Waals surface area contributed by atoms with Crippen molar-refractivity contribution in [1.29, 1.82) is 0 Å². The van der Waals surface area contributed by atoms with Crippen molar-refractivity contribution in [3.63, 3.8) is 0 Å². The molecule has 1 aliphatic rings. The van der Waals surface area contributed by atoms with E-state index < -0.39 is 0 Å². The second-order valence-electron chi connectivity index (χ2n) is 4.13. The van der Waals surface area contributed by atoms with E-state index in [1.165, 1.54) is 28.4 Å².